The zero-order valence-electron chi connectivity index (χ0n) is 11.2. The Morgan fingerprint density at radius 2 is 2.00 bits per heavy atom. The number of nitrogens with two attached hydrogens (primary N) is 1. The molecule has 0 atom stereocenters. The van der Waals surface area contributed by atoms with Gasteiger partial charge in [-0.3, -0.25) is 0 Å². The number of aliphatic hydroxyl groups is 1. The van der Waals surface area contributed by atoms with Gasteiger partial charge >= 0.3 is 0 Å². The second-order valence-electron chi connectivity index (χ2n) is 5.44. The fourth-order valence-electron chi connectivity index (χ4n) is 2.03. The Morgan fingerprint density at radius 1 is 1.37 bits per heavy atom. The van der Waals surface area contributed by atoms with E-state index in [0.717, 1.165) is 18.4 Å². The first-order valence-corrected chi connectivity index (χ1v) is 7.75. The molecule has 0 radical (unpaired) electrons. The molecular weight excluding hydrogens is 264 g/mol. The van der Waals surface area contributed by atoms with Gasteiger partial charge < -0.3 is 10.8 Å². The van der Waals surface area contributed by atoms with Gasteiger partial charge in [-0.2, -0.15) is 0 Å². The van der Waals surface area contributed by atoms with Crippen LogP contribution in [-0.4, -0.2) is 26.7 Å². The lowest BCUT2D eigenvalue weighted by atomic mass is 10.1. The summed E-state index contributed by atoms with van der Waals surface area (Å²) in [5.74, 6) is 0. The quantitative estimate of drug-likeness (QED) is 0.702. The molecule has 4 N–H and O–H groups in total. The predicted molar refractivity (Wildman–Crippen MR) is 74.3 cm³/mol. The molecule has 1 aromatic carbocycles. The monoisotopic (exact) mass is 284 g/mol. The van der Waals surface area contributed by atoms with Gasteiger partial charge in [0.25, 0.3) is 0 Å². The van der Waals surface area contributed by atoms with Gasteiger partial charge in [0.15, 0.2) is 0 Å². The third-order valence-corrected chi connectivity index (χ3v) is 5.39. The molecule has 0 saturated heterocycles. The summed E-state index contributed by atoms with van der Waals surface area (Å²) in [7, 11) is -3.58. The summed E-state index contributed by atoms with van der Waals surface area (Å²) in [4.78, 5) is 0.221. The van der Waals surface area contributed by atoms with Crippen LogP contribution in [0.3, 0.4) is 0 Å². The fraction of sp³-hybridized carbons (Fsp3) is 0.538. The molecule has 0 spiro atoms. The number of hydrogen-bond donors (Lipinski definition) is 3. The van der Waals surface area contributed by atoms with Gasteiger partial charge in [0.05, 0.1) is 4.90 Å². The number of aliphatic hydroxyl groups excluding tert-OH is 1. The lowest BCUT2D eigenvalue weighted by Gasteiger charge is -2.15. The first-order valence-electron chi connectivity index (χ1n) is 6.27. The number of aryl methyl sites for hydroxylation is 1. The van der Waals surface area contributed by atoms with E-state index in [4.69, 9.17) is 5.73 Å². The molecule has 0 aromatic heterocycles. The zero-order valence-corrected chi connectivity index (χ0v) is 12.0. The van der Waals surface area contributed by atoms with Crippen LogP contribution in [0.25, 0.3) is 0 Å². The number of rotatable bonds is 5. The maximum absolute atomic E-state index is 12.3. The van der Waals surface area contributed by atoms with Crippen molar-refractivity contribution in [3.05, 3.63) is 23.3 Å². The Morgan fingerprint density at radius 3 is 2.53 bits per heavy atom. The van der Waals surface area contributed by atoms with Crippen LogP contribution in [-0.2, 0) is 10.0 Å². The Balaban J connectivity index is 2.25. The predicted octanol–water partition coefficient (Wildman–Crippen LogP) is 0.936. The van der Waals surface area contributed by atoms with Crippen molar-refractivity contribution < 1.29 is 13.5 Å². The molecule has 1 saturated carbocycles. The normalized spacial score (nSPS) is 17.4. The number of hydrogen-bond acceptors (Lipinski definition) is 4. The van der Waals surface area contributed by atoms with Crippen molar-refractivity contribution in [2.24, 2.45) is 5.41 Å². The molecule has 19 heavy (non-hydrogen) atoms. The molecule has 1 fully saturated rings. The topological polar surface area (TPSA) is 92.4 Å². The first kappa shape index (κ1) is 14.3. The van der Waals surface area contributed by atoms with E-state index < -0.39 is 10.0 Å². The van der Waals surface area contributed by atoms with Crippen LogP contribution in [0.2, 0.25) is 0 Å². The van der Waals surface area contributed by atoms with Gasteiger partial charge in [-0.15, -0.1) is 0 Å². The molecule has 2 rings (SSSR count). The van der Waals surface area contributed by atoms with Crippen molar-refractivity contribution in [2.75, 3.05) is 18.9 Å². The molecule has 6 heteroatoms. The molecule has 106 valence electrons. The van der Waals surface area contributed by atoms with Crippen molar-refractivity contribution in [1.29, 1.82) is 0 Å². The highest BCUT2D eigenvalue weighted by atomic mass is 32.2. The summed E-state index contributed by atoms with van der Waals surface area (Å²) in [6.07, 6.45) is 1.72. The van der Waals surface area contributed by atoms with E-state index in [-0.39, 0.29) is 23.5 Å². The minimum atomic E-state index is -3.58. The Bertz CT molecular complexity index is 592. The van der Waals surface area contributed by atoms with E-state index in [9.17, 15) is 13.5 Å². The number of anilines is 1. The summed E-state index contributed by atoms with van der Waals surface area (Å²) in [5.41, 5.74) is 7.45. The van der Waals surface area contributed by atoms with Crippen LogP contribution in [0, 0.1) is 19.3 Å². The summed E-state index contributed by atoms with van der Waals surface area (Å²) >= 11 is 0. The molecule has 0 amide bonds. The summed E-state index contributed by atoms with van der Waals surface area (Å²) in [5, 5.41) is 9.21. The maximum Gasteiger partial charge on any atom is 0.240 e. The van der Waals surface area contributed by atoms with Crippen LogP contribution in [0.4, 0.5) is 5.69 Å². The van der Waals surface area contributed by atoms with Crippen LogP contribution in [0.1, 0.15) is 24.0 Å². The van der Waals surface area contributed by atoms with E-state index in [2.05, 4.69) is 4.72 Å². The minimum absolute atomic E-state index is 0.0183. The SMILES string of the molecule is Cc1cc(N)cc(S(=O)(=O)NCC2(CO)CC2)c1C. The number of benzene rings is 1. The highest BCUT2D eigenvalue weighted by Crippen LogP contribution is 2.44. The van der Waals surface area contributed by atoms with E-state index in [1.165, 1.54) is 6.07 Å². The summed E-state index contributed by atoms with van der Waals surface area (Å²) in [6, 6.07) is 3.23. The molecular formula is C13H20N2O3S. The molecule has 0 aliphatic heterocycles. The summed E-state index contributed by atoms with van der Waals surface area (Å²) < 4.78 is 27.2. The molecule has 0 heterocycles. The average molecular weight is 284 g/mol. The van der Waals surface area contributed by atoms with E-state index >= 15 is 0 Å². The zero-order chi connectivity index (χ0) is 14.3. The molecule has 1 aliphatic carbocycles. The highest BCUT2D eigenvalue weighted by molar-refractivity contribution is 7.89. The Labute approximate surface area is 113 Å². The van der Waals surface area contributed by atoms with Gasteiger partial charge in [-0.25, -0.2) is 13.1 Å². The summed E-state index contributed by atoms with van der Waals surface area (Å²) in [6.45, 7) is 3.90. The lowest BCUT2D eigenvalue weighted by molar-refractivity contribution is 0.213. The standard InChI is InChI=1S/C13H20N2O3S/c1-9-5-11(14)6-12(10(9)2)19(17,18)15-7-13(8-16)3-4-13/h5-6,15-16H,3-4,7-8,14H2,1-2H3. The Hall–Kier alpha value is -1.11. The van der Waals surface area contributed by atoms with Crippen molar-refractivity contribution in [1.82, 2.24) is 4.72 Å². The number of nitrogens with one attached hydrogen (secondary N) is 1. The highest BCUT2D eigenvalue weighted by Gasteiger charge is 2.42. The van der Waals surface area contributed by atoms with Gasteiger partial charge in [0, 0.05) is 24.3 Å². The fourth-order valence-corrected chi connectivity index (χ4v) is 3.53. The van der Waals surface area contributed by atoms with Gasteiger partial charge in [0.2, 0.25) is 10.0 Å². The third kappa shape index (κ3) is 2.91. The first-order chi connectivity index (χ1) is 8.80. The van der Waals surface area contributed by atoms with Crippen LogP contribution in [0.5, 0.6) is 0 Å². The molecule has 1 aromatic rings. The molecule has 0 bridgehead atoms. The van der Waals surface area contributed by atoms with Crippen LogP contribution < -0.4 is 10.5 Å². The van der Waals surface area contributed by atoms with Crippen molar-refractivity contribution in [2.45, 2.75) is 31.6 Å². The van der Waals surface area contributed by atoms with Crippen LogP contribution >= 0.6 is 0 Å². The van der Waals surface area contributed by atoms with E-state index in [1.807, 2.05) is 6.92 Å². The third-order valence-electron chi connectivity index (χ3n) is 3.86. The second kappa shape index (κ2) is 4.77. The Kier molecular flexibility index (Phi) is 3.59. The smallest absolute Gasteiger partial charge is 0.240 e. The minimum Gasteiger partial charge on any atom is -0.399 e. The average Bonchev–Trinajstić information content (AvgIpc) is 3.12. The van der Waals surface area contributed by atoms with Gasteiger partial charge in [-0.05, 0) is 49.9 Å². The van der Waals surface area contributed by atoms with E-state index in [0.29, 0.717) is 11.3 Å². The van der Waals surface area contributed by atoms with Crippen molar-refractivity contribution in [3.63, 3.8) is 0 Å². The van der Waals surface area contributed by atoms with Gasteiger partial charge in [-0.1, -0.05) is 0 Å². The number of sulfonamides is 1. The largest absolute Gasteiger partial charge is 0.399 e. The van der Waals surface area contributed by atoms with Crippen LogP contribution in [0.15, 0.2) is 17.0 Å². The van der Waals surface area contributed by atoms with E-state index in [1.54, 1.807) is 13.0 Å². The molecule has 0 unspecified atom stereocenters. The van der Waals surface area contributed by atoms with Gasteiger partial charge in [0.1, 0.15) is 0 Å². The second-order valence-corrected chi connectivity index (χ2v) is 7.18. The van der Waals surface area contributed by atoms with Crippen molar-refractivity contribution >= 4 is 15.7 Å². The lowest BCUT2D eigenvalue weighted by Crippen LogP contribution is -2.32. The molecule has 1 aliphatic rings. The maximum atomic E-state index is 12.3. The molecule has 5 nitrogen and oxygen atoms in total. The van der Waals surface area contributed by atoms with Crippen molar-refractivity contribution in [3.8, 4) is 0 Å². The number of nitrogen functional groups attached to an aromatic ring is 1.